The number of aliphatic hydroxyl groups is 1. The van der Waals surface area contributed by atoms with Gasteiger partial charge in [-0.15, -0.1) is 0 Å². The SMILES string of the molecule is C=C(C)C(O)Cc1c(OC)cc(OCC=C(C)C)c2ccc(=O)oc12. The van der Waals surface area contributed by atoms with Crippen molar-refractivity contribution in [2.75, 3.05) is 13.7 Å². The molecule has 0 aliphatic carbocycles. The molecule has 134 valence electrons. The second kappa shape index (κ2) is 8.03. The van der Waals surface area contributed by atoms with Crippen LogP contribution in [0.15, 0.2) is 51.2 Å². The molecule has 0 radical (unpaired) electrons. The zero-order valence-corrected chi connectivity index (χ0v) is 15.1. The van der Waals surface area contributed by atoms with E-state index in [-0.39, 0.29) is 6.42 Å². The van der Waals surface area contributed by atoms with Crippen LogP contribution in [0.4, 0.5) is 0 Å². The molecule has 2 aromatic rings. The first-order chi connectivity index (χ1) is 11.8. The van der Waals surface area contributed by atoms with Crippen LogP contribution >= 0.6 is 0 Å². The summed E-state index contributed by atoms with van der Waals surface area (Å²) >= 11 is 0. The number of methoxy groups -OCH3 is 1. The third-order valence-corrected chi connectivity index (χ3v) is 3.85. The molecule has 1 atom stereocenters. The lowest BCUT2D eigenvalue weighted by Crippen LogP contribution is -2.13. The highest BCUT2D eigenvalue weighted by atomic mass is 16.5. The molecule has 5 heteroatoms. The van der Waals surface area contributed by atoms with Gasteiger partial charge < -0.3 is 19.0 Å². The highest BCUT2D eigenvalue weighted by Crippen LogP contribution is 2.36. The number of hydrogen-bond donors (Lipinski definition) is 1. The van der Waals surface area contributed by atoms with E-state index in [1.165, 1.54) is 13.2 Å². The molecular weight excluding hydrogens is 320 g/mol. The summed E-state index contributed by atoms with van der Waals surface area (Å²) in [6.07, 6.45) is 1.42. The predicted octanol–water partition coefficient (Wildman–Crippen LogP) is 3.63. The Morgan fingerprint density at radius 2 is 2.04 bits per heavy atom. The fraction of sp³-hybridized carbons (Fsp3) is 0.350. The van der Waals surface area contributed by atoms with Crippen LogP contribution in [0.3, 0.4) is 0 Å². The molecule has 5 nitrogen and oxygen atoms in total. The maximum absolute atomic E-state index is 11.7. The van der Waals surface area contributed by atoms with Crippen molar-refractivity contribution >= 4 is 11.0 Å². The Morgan fingerprint density at radius 3 is 2.64 bits per heavy atom. The molecule has 0 bridgehead atoms. The van der Waals surface area contributed by atoms with E-state index in [0.29, 0.717) is 40.2 Å². The summed E-state index contributed by atoms with van der Waals surface area (Å²) < 4.78 is 16.7. The normalized spacial score (nSPS) is 11.9. The third kappa shape index (κ3) is 4.51. The molecule has 2 rings (SSSR count). The zero-order chi connectivity index (χ0) is 18.6. The van der Waals surface area contributed by atoms with Gasteiger partial charge in [-0.2, -0.15) is 0 Å². The van der Waals surface area contributed by atoms with Gasteiger partial charge in [0.2, 0.25) is 0 Å². The summed E-state index contributed by atoms with van der Waals surface area (Å²) in [6, 6.07) is 4.76. The molecule has 0 saturated heterocycles. The molecule has 0 amide bonds. The molecule has 1 aromatic heterocycles. The lowest BCUT2D eigenvalue weighted by Gasteiger charge is -2.17. The third-order valence-electron chi connectivity index (χ3n) is 3.85. The van der Waals surface area contributed by atoms with Crippen LogP contribution in [0.5, 0.6) is 11.5 Å². The van der Waals surface area contributed by atoms with Gasteiger partial charge in [0.05, 0.1) is 18.6 Å². The molecule has 0 spiro atoms. The minimum Gasteiger partial charge on any atom is -0.496 e. The van der Waals surface area contributed by atoms with Gasteiger partial charge in [-0.3, -0.25) is 0 Å². The van der Waals surface area contributed by atoms with Crippen molar-refractivity contribution in [1.29, 1.82) is 0 Å². The van der Waals surface area contributed by atoms with Crippen molar-refractivity contribution < 1.29 is 19.0 Å². The molecule has 0 aliphatic heterocycles. The molecule has 0 saturated carbocycles. The van der Waals surface area contributed by atoms with Crippen LogP contribution in [0.2, 0.25) is 0 Å². The van der Waals surface area contributed by atoms with Crippen molar-refractivity contribution in [3.63, 3.8) is 0 Å². The summed E-state index contributed by atoms with van der Waals surface area (Å²) in [6.45, 7) is 9.88. The average Bonchev–Trinajstić information content (AvgIpc) is 2.55. The van der Waals surface area contributed by atoms with Gasteiger partial charge >= 0.3 is 5.63 Å². The minimum absolute atomic E-state index is 0.232. The Hall–Kier alpha value is -2.53. The number of aliphatic hydroxyl groups excluding tert-OH is 1. The van der Waals surface area contributed by atoms with E-state index >= 15 is 0 Å². The monoisotopic (exact) mass is 344 g/mol. The minimum atomic E-state index is -0.764. The maximum Gasteiger partial charge on any atom is 0.336 e. The van der Waals surface area contributed by atoms with E-state index in [2.05, 4.69) is 6.58 Å². The van der Waals surface area contributed by atoms with E-state index in [1.54, 1.807) is 19.1 Å². The van der Waals surface area contributed by atoms with Gasteiger partial charge in [-0.1, -0.05) is 17.7 Å². The molecule has 1 unspecified atom stereocenters. The first-order valence-corrected chi connectivity index (χ1v) is 8.06. The van der Waals surface area contributed by atoms with E-state index in [4.69, 9.17) is 13.9 Å². The molecule has 1 aromatic carbocycles. The van der Waals surface area contributed by atoms with E-state index < -0.39 is 11.7 Å². The molecule has 0 fully saturated rings. The Kier molecular flexibility index (Phi) is 6.04. The van der Waals surface area contributed by atoms with Crippen molar-refractivity contribution in [1.82, 2.24) is 0 Å². The van der Waals surface area contributed by atoms with Crippen LogP contribution < -0.4 is 15.1 Å². The highest BCUT2D eigenvalue weighted by Gasteiger charge is 2.19. The quantitative estimate of drug-likeness (QED) is 0.614. The number of hydrogen-bond acceptors (Lipinski definition) is 5. The summed E-state index contributed by atoms with van der Waals surface area (Å²) in [7, 11) is 1.53. The number of allylic oxidation sites excluding steroid dienone is 1. The Bertz CT molecular complexity index is 856. The second-order valence-corrected chi connectivity index (χ2v) is 6.21. The Labute approximate surface area is 147 Å². The van der Waals surface area contributed by atoms with Crippen molar-refractivity contribution in [2.45, 2.75) is 33.3 Å². The molecular formula is C20H24O5. The van der Waals surface area contributed by atoms with E-state index in [0.717, 1.165) is 5.57 Å². The van der Waals surface area contributed by atoms with Crippen LogP contribution in [-0.2, 0) is 6.42 Å². The van der Waals surface area contributed by atoms with Gasteiger partial charge in [-0.25, -0.2) is 4.79 Å². The lowest BCUT2D eigenvalue weighted by molar-refractivity contribution is 0.210. The summed E-state index contributed by atoms with van der Waals surface area (Å²) in [5, 5.41) is 10.8. The fourth-order valence-electron chi connectivity index (χ4n) is 2.39. The number of ether oxygens (including phenoxy) is 2. The first kappa shape index (κ1) is 18.8. The van der Waals surface area contributed by atoms with Crippen molar-refractivity contribution in [3.05, 3.63) is 58.0 Å². The maximum atomic E-state index is 11.7. The molecule has 0 aliphatic rings. The number of fused-ring (bicyclic) bond motifs is 1. The van der Waals surface area contributed by atoms with Gasteiger partial charge in [0.25, 0.3) is 0 Å². The summed E-state index contributed by atoms with van der Waals surface area (Å²) in [4.78, 5) is 11.7. The van der Waals surface area contributed by atoms with Gasteiger partial charge in [0.15, 0.2) is 0 Å². The fourth-order valence-corrected chi connectivity index (χ4v) is 2.39. The Morgan fingerprint density at radius 1 is 1.32 bits per heavy atom. The number of benzene rings is 1. The largest absolute Gasteiger partial charge is 0.496 e. The highest BCUT2D eigenvalue weighted by molar-refractivity contribution is 5.88. The average molecular weight is 344 g/mol. The molecule has 1 heterocycles. The van der Waals surface area contributed by atoms with Gasteiger partial charge in [-0.05, 0) is 32.9 Å². The molecule has 1 N–H and O–H groups in total. The topological polar surface area (TPSA) is 68.9 Å². The first-order valence-electron chi connectivity index (χ1n) is 8.06. The second-order valence-electron chi connectivity index (χ2n) is 6.21. The van der Waals surface area contributed by atoms with Crippen LogP contribution in [0.25, 0.3) is 11.0 Å². The van der Waals surface area contributed by atoms with Gasteiger partial charge in [0, 0.05) is 24.1 Å². The lowest BCUT2D eigenvalue weighted by atomic mass is 10.00. The van der Waals surface area contributed by atoms with Gasteiger partial charge in [0.1, 0.15) is 23.7 Å². The predicted molar refractivity (Wildman–Crippen MR) is 98.5 cm³/mol. The van der Waals surface area contributed by atoms with Crippen LogP contribution in [-0.4, -0.2) is 24.9 Å². The van der Waals surface area contributed by atoms with Crippen molar-refractivity contribution in [3.8, 4) is 11.5 Å². The number of rotatable bonds is 7. The standard InChI is InChI=1S/C20H24O5/c1-12(2)8-9-24-18-11-17(23-5)15(10-16(21)13(3)4)20-14(18)6-7-19(22)25-20/h6-8,11,16,21H,3,9-10H2,1-2,4-5H3. The van der Waals surface area contributed by atoms with E-state index in [9.17, 15) is 9.90 Å². The van der Waals surface area contributed by atoms with Crippen LogP contribution in [0.1, 0.15) is 26.3 Å². The van der Waals surface area contributed by atoms with E-state index in [1.807, 2.05) is 19.9 Å². The van der Waals surface area contributed by atoms with Crippen LogP contribution in [0, 0.1) is 0 Å². The summed E-state index contributed by atoms with van der Waals surface area (Å²) in [5.41, 5.74) is 2.27. The summed E-state index contributed by atoms with van der Waals surface area (Å²) in [5.74, 6) is 1.05. The molecule has 25 heavy (non-hydrogen) atoms. The van der Waals surface area contributed by atoms with Crippen molar-refractivity contribution in [2.24, 2.45) is 0 Å². The smallest absolute Gasteiger partial charge is 0.336 e. The Balaban J connectivity index is 2.60. The zero-order valence-electron chi connectivity index (χ0n) is 15.1.